The van der Waals surface area contributed by atoms with Crippen molar-refractivity contribution in [1.82, 2.24) is 14.8 Å². The minimum atomic E-state index is 0.136. The highest BCUT2D eigenvalue weighted by Gasteiger charge is 2.26. The molecule has 4 nitrogen and oxygen atoms in total. The number of nitrogens with zero attached hydrogens (tertiary/aromatic N) is 2. The van der Waals surface area contributed by atoms with Gasteiger partial charge in [0, 0.05) is 35.9 Å². The molecule has 0 aliphatic carbocycles. The SMILES string of the molecule is CNC[C@@H]1CCCN(C(=O)c2ccc(-c3ccccc3Br)n2C)C1. The van der Waals surface area contributed by atoms with Gasteiger partial charge in [0.05, 0.1) is 0 Å². The van der Waals surface area contributed by atoms with Crippen LogP contribution in [0.1, 0.15) is 23.3 Å². The molecule has 2 aromatic rings. The van der Waals surface area contributed by atoms with Gasteiger partial charge in [-0.15, -0.1) is 0 Å². The van der Waals surface area contributed by atoms with Gasteiger partial charge in [0.15, 0.2) is 0 Å². The van der Waals surface area contributed by atoms with Crippen molar-refractivity contribution >= 4 is 21.8 Å². The number of hydrogen-bond acceptors (Lipinski definition) is 2. The largest absolute Gasteiger partial charge is 0.340 e. The van der Waals surface area contributed by atoms with Gasteiger partial charge in [-0.1, -0.05) is 34.1 Å². The summed E-state index contributed by atoms with van der Waals surface area (Å²) in [4.78, 5) is 15.0. The molecule has 0 saturated carbocycles. The molecule has 1 fully saturated rings. The molecule has 0 bridgehead atoms. The van der Waals surface area contributed by atoms with Crippen LogP contribution in [0.3, 0.4) is 0 Å². The molecule has 1 saturated heterocycles. The van der Waals surface area contributed by atoms with Crippen LogP contribution in [0, 0.1) is 5.92 Å². The molecule has 1 amide bonds. The van der Waals surface area contributed by atoms with E-state index in [0.717, 1.165) is 47.5 Å². The van der Waals surface area contributed by atoms with Crippen molar-refractivity contribution in [3.8, 4) is 11.3 Å². The van der Waals surface area contributed by atoms with Gasteiger partial charge in [-0.2, -0.15) is 0 Å². The second-order valence-corrected chi connectivity index (χ2v) is 7.31. The lowest BCUT2D eigenvalue weighted by Gasteiger charge is -2.32. The summed E-state index contributed by atoms with van der Waals surface area (Å²) in [5.74, 6) is 0.687. The van der Waals surface area contributed by atoms with Crippen LogP contribution in [-0.4, -0.2) is 42.1 Å². The third kappa shape index (κ3) is 3.42. The van der Waals surface area contributed by atoms with Gasteiger partial charge in [0.1, 0.15) is 5.69 Å². The van der Waals surface area contributed by atoms with Gasteiger partial charge in [-0.05, 0) is 50.6 Å². The normalized spacial score (nSPS) is 18.0. The summed E-state index contributed by atoms with van der Waals surface area (Å²) in [5.41, 5.74) is 2.91. The summed E-state index contributed by atoms with van der Waals surface area (Å²) >= 11 is 3.60. The Kier molecular flexibility index (Phi) is 5.41. The van der Waals surface area contributed by atoms with Crippen molar-refractivity contribution in [3.63, 3.8) is 0 Å². The van der Waals surface area contributed by atoms with E-state index in [2.05, 4.69) is 27.3 Å². The molecule has 1 atom stereocenters. The lowest BCUT2D eigenvalue weighted by Crippen LogP contribution is -2.43. The number of likely N-dealkylation sites (tertiary alicyclic amines) is 1. The monoisotopic (exact) mass is 389 g/mol. The minimum absolute atomic E-state index is 0.136. The number of carbonyl (C=O) groups is 1. The Hall–Kier alpha value is -1.59. The molecule has 1 N–H and O–H groups in total. The number of amides is 1. The first-order chi connectivity index (χ1) is 11.6. The van der Waals surface area contributed by atoms with Crippen LogP contribution in [0.2, 0.25) is 0 Å². The average molecular weight is 390 g/mol. The second kappa shape index (κ2) is 7.53. The summed E-state index contributed by atoms with van der Waals surface area (Å²) in [5, 5.41) is 3.23. The van der Waals surface area contributed by atoms with Crippen molar-refractivity contribution in [3.05, 3.63) is 46.6 Å². The molecule has 1 aliphatic heterocycles. The fraction of sp³-hybridized carbons (Fsp3) is 0.421. The summed E-state index contributed by atoms with van der Waals surface area (Å²) in [6.07, 6.45) is 2.28. The van der Waals surface area contributed by atoms with Gasteiger partial charge >= 0.3 is 0 Å². The van der Waals surface area contributed by atoms with Crippen molar-refractivity contribution in [2.75, 3.05) is 26.7 Å². The number of nitrogens with one attached hydrogen (secondary N) is 1. The van der Waals surface area contributed by atoms with E-state index >= 15 is 0 Å². The Balaban J connectivity index is 1.83. The van der Waals surface area contributed by atoms with Crippen molar-refractivity contribution in [2.24, 2.45) is 13.0 Å². The molecule has 128 valence electrons. The molecule has 2 heterocycles. The number of rotatable bonds is 4. The topological polar surface area (TPSA) is 37.3 Å². The van der Waals surface area contributed by atoms with E-state index < -0.39 is 0 Å². The van der Waals surface area contributed by atoms with Gasteiger partial charge in [0.25, 0.3) is 5.91 Å². The van der Waals surface area contributed by atoms with E-state index in [1.54, 1.807) is 0 Å². The Morgan fingerprint density at radius 3 is 2.83 bits per heavy atom. The molecular weight excluding hydrogens is 366 g/mol. The maximum Gasteiger partial charge on any atom is 0.270 e. The molecule has 3 rings (SSSR count). The summed E-state index contributed by atoms with van der Waals surface area (Å²) in [6, 6.07) is 12.1. The molecule has 0 unspecified atom stereocenters. The number of aromatic nitrogens is 1. The standard InChI is InChI=1S/C19H24BrN3O/c1-21-12-14-6-5-11-23(13-14)19(24)18-10-9-17(22(18)2)15-7-3-4-8-16(15)20/h3-4,7-10,14,21H,5-6,11-13H2,1-2H3/t14-/m0/s1. The Morgan fingerprint density at radius 1 is 1.29 bits per heavy atom. The van der Waals surface area contributed by atoms with E-state index in [-0.39, 0.29) is 5.91 Å². The van der Waals surface area contributed by atoms with Crippen LogP contribution < -0.4 is 5.32 Å². The van der Waals surface area contributed by atoms with Crippen LogP contribution in [-0.2, 0) is 7.05 Å². The highest BCUT2D eigenvalue weighted by Crippen LogP contribution is 2.29. The average Bonchev–Trinajstić information content (AvgIpc) is 2.97. The highest BCUT2D eigenvalue weighted by molar-refractivity contribution is 9.10. The van der Waals surface area contributed by atoms with E-state index in [9.17, 15) is 4.79 Å². The number of carbonyl (C=O) groups excluding carboxylic acids is 1. The third-order valence-corrected chi connectivity index (χ3v) is 5.48. The molecular formula is C19H24BrN3O. The lowest BCUT2D eigenvalue weighted by atomic mass is 9.98. The Labute approximate surface area is 152 Å². The summed E-state index contributed by atoms with van der Waals surface area (Å²) in [6.45, 7) is 2.67. The maximum atomic E-state index is 13.0. The first kappa shape index (κ1) is 17.2. The quantitative estimate of drug-likeness (QED) is 0.868. The molecule has 1 aliphatic rings. The van der Waals surface area contributed by atoms with E-state index in [1.165, 1.54) is 6.42 Å². The van der Waals surface area contributed by atoms with Gasteiger partial charge in [-0.3, -0.25) is 4.79 Å². The van der Waals surface area contributed by atoms with Gasteiger partial charge in [-0.25, -0.2) is 0 Å². The fourth-order valence-corrected chi connectivity index (χ4v) is 4.02. The number of piperidine rings is 1. The third-order valence-electron chi connectivity index (χ3n) is 4.79. The smallest absolute Gasteiger partial charge is 0.270 e. The van der Waals surface area contributed by atoms with E-state index in [0.29, 0.717) is 5.92 Å². The Morgan fingerprint density at radius 2 is 2.08 bits per heavy atom. The van der Waals surface area contributed by atoms with Gasteiger partial charge in [0.2, 0.25) is 0 Å². The first-order valence-electron chi connectivity index (χ1n) is 8.46. The zero-order chi connectivity index (χ0) is 17.1. The molecule has 1 aromatic carbocycles. The lowest BCUT2D eigenvalue weighted by molar-refractivity contribution is 0.0665. The highest BCUT2D eigenvalue weighted by atomic mass is 79.9. The van der Waals surface area contributed by atoms with Crippen LogP contribution in [0.15, 0.2) is 40.9 Å². The van der Waals surface area contributed by atoms with E-state index in [1.807, 2.05) is 53.9 Å². The summed E-state index contributed by atoms with van der Waals surface area (Å²) < 4.78 is 3.04. The summed E-state index contributed by atoms with van der Waals surface area (Å²) in [7, 11) is 3.94. The van der Waals surface area contributed by atoms with Crippen molar-refractivity contribution < 1.29 is 4.79 Å². The Bertz CT molecular complexity index is 723. The molecule has 1 aromatic heterocycles. The first-order valence-corrected chi connectivity index (χ1v) is 9.25. The van der Waals surface area contributed by atoms with Crippen LogP contribution in [0.4, 0.5) is 0 Å². The second-order valence-electron chi connectivity index (χ2n) is 6.46. The van der Waals surface area contributed by atoms with Gasteiger partial charge < -0.3 is 14.8 Å². The zero-order valence-electron chi connectivity index (χ0n) is 14.3. The minimum Gasteiger partial charge on any atom is -0.340 e. The van der Waals surface area contributed by atoms with Crippen LogP contribution in [0.5, 0.6) is 0 Å². The molecule has 0 radical (unpaired) electrons. The van der Waals surface area contributed by atoms with Crippen LogP contribution >= 0.6 is 15.9 Å². The molecule has 5 heteroatoms. The van der Waals surface area contributed by atoms with E-state index in [4.69, 9.17) is 0 Å². The molecule has 24 heavy (non-hydrogen) atoms. The number of hydrogen-bond donors (Lipinski definition) is 1. The van der Waals surface area contributed by atoms with Crippen LogP contribution in [0.25, 0.3) is 11.3 Å². The predicted octanol–water partition coefficient (Wildman–Crippen LogP) is 3.53. The predicted molar refractivity (Wildman–Crippen MR) is 101 cm³/mol. The molecule has 0 spiro atoms. The number of halogens is 1. The maximum absolute atomic E-state index is 13.0. The van der Waals surface area contributed by atoms with Crippen molar-refractivity contribution in [2.45, 2.75) is 12.8 Å². The van der Waals surface area contributed by atoms with Crippen molar-refractivity contribution in [1.29, 1.82) is 0 Å². The zero-order valence-corrected chi connectivity index (χ0v) is 15.8. The fourth-order valence-electron chi connectivity index (χ4n) is 3.53. The number of benzene rings is 1.